The summed E-state index contributed by atoms with van der Waals surface area (Å²) in [6, 6.07) is 17.3. The van der Waals surface area contributed by atoms with Crippen LogP contribution in [0.25, 0.3) is 0 Å². The molecule has 6 nitrogen and oxygen atoms in total. The van der Waals surface area contributed by atoms with E-state index in [2.05, 4.69) is 124 Å². The molecule has 0 aromatic heterocycles. The average molecular weight is 636 g/mol. The van der Waals surface area contributed by atoms with Crippen LogP contribution in [0.5, 0.6) is 0 Å². The summed E-state index contributed by atoms with van der Waals surface area (Å²) in [5.41, 5.74) is 10.2. The molecular formula is C39H47N4O2S+. The Morgan fingerprint density at radius 3 is 2.35 bits per heavy atom. The maximum atomic E-state index is 13.2. The number of hydrogen-bond acceptors (Lipinski definition) is 5. The number of benzene rings is 2. The molecule has 2 aromatic rings. The number of amides is 1. The van der Waals surface area contributed by atoms with Crippen molar-refractivity contribution in [3.63, 3.8) is 0 Å². The van der Waals surface area contributed by atoms with Gasteiger partial charge in [0.25, 0.3) is 0 Å². The molecule has 4 aliphatic rings. The van der Waals surface area contributed by atoms with Gasteiger partial charge < -0.3 is 9.64 Å². The van der Waals surface area contributed by atoms with E-state index in [4.69, 9.17) is 9.73 Å². The number of anilines is 1. The van der Waals surface area contributed by atoms with Gasteiger partial charge in [-0.05, 0) is 76.3 Å². The third-order valence-electron chi connectivity index (χ3n) is 9.64. The summed E-state index contributed by atoms with van der Waals surface area (Å²) < 4.78 is 8.06. The Labute approximate surface area is 278 Å². The van der Waals surface area contributed by atoms with Crippen LogP contribution in [0.15, 0.2) is 100 Å². The standard InChI is InChI=1S/C39H47N4O2S/c1-37(2,3)45-36(44)43-24-25-46-35(43)40-34-26(20-22-32-38(4,5)28-14-10-12-16-30(28)41(32)8)18-19-27(34)21-23-33-39(6,7)29-15-11-13-17-31(29)42(33)9/h10-17,20-23H,18-19,24-25H2,1-9H3/q+1. The number of amidine groups is 1. The van der Waals surface area contributed by atoms with Gasteiger partial charge in [0.1, 0.15) is 12.6 Å². The number of hydrogen-bond donors (Lipinski definition) is 0. The summed E-state index contributed by atoms with van der Waals surface area (Å²) >= 11 is 1.62. The van der Waals surface area contributed by atoms with Crippen molar-refractivity contribution in [3.8, 4) is 0 Å². The van der Waals surface area contributed by atoms with Gasteiger partial charge >= 0.3 is 6.09 Å². The lowest BCUT2D eigenvalue weighted by atomic mass is 9.81. The zero-order valence-electron chi connectivity index (χ0n) is 28.8. The molecule has 6 rings (SSSR count). The summed E-state index contributed by atoms with van der Waals surface area (Å²) in [4.78, 5) is 22.4. The first kappa shape index (κ1) is 32.1. The van der Waals surface area contributed by atoms with Crippen molar-refractivity contribution in [2.24, 2.45) is 4.99 Å². The van der Waals surface area contributed by atoms with Crippen molar-refractivity contribution in [3.05, 3.63) is 107 Å². The van der Waals surface area contributed by atoms with Crippen LogP contribution >= 0.6 is 11.8 Å². The van der Waals surface area contributed by atoms with Crippen molar-refractivity contribution >= 4 is 40.1 Å². The van der Waals surface area contributed by atoms with E-state index >= 15 is 0 Å². The van der Waals surface area contributed by atoms with Crippen molar-refractivity contribution in [1.82, 2.24) is 4.90 Å². The second kappa shape index (κ2) is 11.8. The third kappa shape index (κ3) is 5.68. The number of aliphatic imine (C=N–C) groups is 1. The van der Waals surface area contributed by atoms with E-state index in [1.165, 1.54) is 45.1 Å². The van der Waals surface area contributed by atoms with Crippen molar-refractivity contribution in [2.75, 3.05) is 31.3 Å². The summed E-state index contributed by atoms with van der Waals surface area (Å²) in [6.45, 7) is 15.5. The van der Waals surface area contributed by atoms with Gasteiger partial charge in [0.2, 0.25) is 5.69 Å². The lowest BCUT2D eigenvalue weighted by Gasteiger charge is -2.24. The van der Waals surface area contributed by atoms with Crippen LogP contribution < -0.4 is 4.90 Å². The van der Waals surface area contributed by atoms with E-state index < -0.39 is 5.60 Å². The predicted octanol–water partition coefficient (Wildman–Crippen LogP) is 8.87. The van der Waals surface area contributed by atoms with Crippen molar-refractivity contribution in [2.45, 2.75) is 77.7 Å². The number of fused-ring (bicyclic) bond motifs is 2. The minimum atomic E-state index is -0.570. The molecule has 2 aromatic carbocycles. The molecular weight excluding hydrogens is 589 g/mol. The zero-order chi connectivity index (χ0) is 33.0. The topological polar surface area (TPSA) is 48.2 Å². The van der Waals surface area contributed by atoms with E-state index in [-0.39, 0.29) is 16.9 Å². The number of para-hydroxylation sites is 2. The lowest BCUT2D eigenvalue weighted by molar-refractivity contribution is -0.401. The van der Waals surface area contributed by atoms with E-state index in [1.54, 1.807) is 16.7 Å². The zero-order valence-corrected chi connectivity index (χ0v) is 29.6. The SMILES string of the molecule is CN1C(=C/C=C2\CCC(C=CC3=[N+](C)c4ccccc4C3(C)C)=C2N=C2SCCN2C(=O)OC(C)(C)C)C(C)(C)c2ccccc21. The van der Waals surface area contributed by atoms with Crippen molar-refractivity contribution in [1.29, 1.82) is 0 Å². The van der Waals surface area contributed by atoms with Gasteiger partial charge in [0.15, 0.2) is 10.9 Å². The number of ether oxygens (including phenoxy) is 1. The van der Waals surface area contributed by atoms with Crippen LogP contribution in [0.2, 0.25) is 0 Å². The van der Waals surface area contributed by atoms with Gasteiger partial charge in [-0.25, -0.2) is 9.79 Å². The number of thioether (sulfide) groups is 1. The summed E-state index contributed by atoms with van der Waals surface area (Å²) in [7, 11) is 4.31. The Morgan fingerprint density at radius 2 is 1.65 bits per heavy atom. The fraction of sp³-hybridized carbons (Fsp3) is 0.410. The molecule has 0 radical (unpaired) electrons. The molecule has 1 saturated heterocycles. The molecule has 0 spiro atoms. The molecule has 46 heavy (non-hydrogen) atoms. The third-order valence-corrected chi connectivity index (χ3v) is 10.6. The monoisotopic (exact) mass is 635 g/mol. The highest BCUT2D eigenvalue weighted by Crippen LogP contribution is 2.47. The quantitative estimate of drug-likeness (QED) is 0.315. The van der Waals surface area contributed by atoms with Crippen LogP contribution in [-0.4, -0.2) is 58.4 Å². The number of rotatable bonds is 4. The average Bonchev–Trinajstić information content (AvgIpc) is 3.71. The second-order valence-electron chi connectivity index (χ2n) is 14.6. The Kier molecular flexibility index (Phi) is 8.20. The number of carbonyl (C=O) groups excluding carboxylic acids is 1. The van der Waals surface area contributed by atoms with E-state index in [1.807, 2.05) is 20.8 Å². The fourth-order valence-electron chi connectivity index (χ4n) is 7.22. The normalized spacial score (nSPS) is 23.1. The van der Waals surface area contributed by atoms with Crippen LogP contribution in [-0.2, 0) is 15.6 Å². The molecule has 0 N–H and O–H groups in total. The maximum absolute atomic E-state index is 13.2. The van der Waals surface area contributed by atoms with Crippen LogP contribution in [0.3, 0.4) is 0 Å². The molecule has 240 valence electrons. The highest BCUT2D eigenvalue weighted by Gasteiger charge is 2.43. The molecule has 0 unspecified atom stereocenters. The molecule has 3 heterocycles. The largest absolute Gasteiger partial charge is 0.443 e. The highest BCUT2D eigenvalue weighted by atomic mass is 32.2. The van der Waals surface area contributed by atoms with E-state index in [0.29, 0.717) is 11.7 Å². The fourth-order valence-corrected chi connectivity index (χ4v) is 8.15. The lowest BCUT2D eigenvalue weighted by Crippen LogP contribution is -2.37. The van der Waals surface area contributed by atoms with Crippen molar-refractivity contribution < 1.29 is 14.1 Å². The minimum absolute atomic E-state index is 0.112. The summed E-state index contributed by atoms with van der Waals surface area (Å²) in [6.07, 6.45) is 10.5. The first-order chi connectivity index (χ1) is 21.7. The Bertz CT molecular complexity index is 1780. The molecule has 7 heteroatoms. The van der Waals surface area contributed by atoms with Gasteiger partial charge in [-0.15, -0.1) is 0 Å². The van der Waals surface area contributed by atoms with Gasteiger partial charge in [0, 0.05) is 53.9 Å². The molecule has 1 amide bonds. The van der Waals surface area contributed by atoms with Gasteiger partial charge in [-0.2, -0.15) is 4.58 Å². The second-order valence-corrected chi connectivity index (χ2v) is 15.7. The molecule has 0 saturated carbocycles. The van der Waals surface area contributed by atoms with E-state index in [0.717, 1.165) is 24.3 Å². The molecule has 3 aliphatic heterocycles. The summed E-state index contributed by atoms with van der Waals surface area (Å²) in [5.74, 6) is 0.798. The molecule has 0 bridgehead atoms. The maximum Gasteiger partial charge on any atom is 0.416 e. The minimum Gasteiger partial charge on any atom is -0.443 e. The van der Waals surface area contributed by atoms with E-state index in [9.17, 15) is 4.79 Å². The van der Waals surface area contributed by atoms with Crippen LogP contribution in [0.4, 0.5) is 16.2 Å². The Balaban J connectivity index is 1.41. The predicted molar refractivity (Wildman–Crippen MR) is 193 cm³/mol. The molecule has 1 fully saturated rings. The first-order valence-electron chi connectivity index (χ1n) is 16.3. The number of likely N-dealkylation sites (N-methyl/N-ethyl adjacent to an activating group) is 1. The van der Waals surface area contributed by atoms with Crippen LogP contribution in [0.1, 0.15) is 72.4 Å². The van der Waals surface area contributed by atoms with Gasteiger partial charge in [-0.1, -0.05) is 74.2 Å². The molecule has 1 aliphatic carbocycles. The number of allylic oxidation sites excluding steroid dienone is 7. The van der Waals surface area contributed by atoms with Gasteiger partial charge in [-0.3, -0.25) is 4.90 Å². The Hall–Kier alpha value is -3.84. The number of carbonyl (C=O) groups is 1. The molecule has 0 atom stereocenters. The summed E-state index contributed by atoms with van der Waals surface area (Å²) in [5, 5.41) is 0.708. The van der Waals surface area contributed by atoms with Crippen LogP contribution in [0, 0.1) is 0 Å². The Morgan fingerprint density at radius 1 is 0.957 bits per heavy atom. The smallest absolute Gasteiger partial charge is 0.416 e. The highest BCUT2D eigenvalue weighted by molar-refractivity contribution is 8.14. The first-order valence-corrected chi connectivity index (χ1v) is 17.3. The number of nitrogens with zero attached hydrogens (tertiary/aromatic N) is 4. The van der Waals surface area contributed by atoms with Gasteiger partial charge in [0.05, 0.1) is 11.1 Å².